The molecule has 4 fully saturated rings. The molecule has 4 aliphatic carbocycles. The minimum atomic E-state index is -1.42. The van der Waals surface area contributed by atoms with E-state index in [1.54, 1.807) is 14.0 Å². The van der Waals surface area contributed by atoms with Gasteiger partial charge in [-0.25, -0.2) is 4.79 Å². The van der Waals surface area contributed by atoms with Crippen LogP contribution in [0.1, 0.15) is 51.0 Å². The van der Waals surface area contributed by atoms with Crippen molar-refractivity contribution < 1.29 is 23.9 Å². The SMILES string of the molecule is CCOC(=O)CS[C@@]1(NC(=O)OC23CC4CC(CC(C4)C2)C3)C(=O)N(C)c2ccccc21. The Kier molecular flexibility index (Phi) is 5.39. The van der Waals surface area contributed by atoms with Crippen LogP contribution in [0.15, 0.2) is 24.3 Å². The smallest absolute Gasteiger partial charge is 0.409 e. The van der Waals surface area contributed by atoms with Gasteiger partial charge in [-0.1, -0.05) is 18.2 Å². The van der Waals surface area contributed by atoms with Crippen LogP contribution in [0.25, 0.3) is 0 Å². The van der Waals surface area contributed by atoms with Crippen LogP contribution in [0.4, 0.5) is 10.5 Å². The molecule has 0 radical (unpaired) electrons. The monoisotopic (exact) mass is 458 g/mol. The zero-order valence-corrected chi connectivity index (χ0v) is 19.4. The van der Waals surface area contributed by atoms with Crippen LogP contribution in [0.3, 0.4) is 0 Å². The topological polar surface area (TPSA) is 84.9 Å². The van der Waals surface area contributed by atoms with Crippen molar-refractivity contribution in [2.24, 2.45) is 17.8 Å². The summed E-state index contributed by atoms with van der Waals surface area (Å²) in [5, 5.41) is 2.90. The van der Waals surface area contributed by atoms with E-state index >= 15 is 0 Å². The number of nitrogens with one attached hydrogen (secondary N) is 1. The van der Waals surface area contributed by atoms with Crippen LogP contribution >= 0.6 is 11.8 Å². The predicted octanol–water partition coefficient (Wildman–Crippen LogP) is 3.81. The van der Waals surface area contributed by atoms with Gasteiger partial charge in [-0.3, -0.25) is 14.9 Å². The van der Waals surface area contributed by atoms with E-state index < -0.39 is 22.5 Å². The van der Waals surface area contributed by atoms with Gasteiger partial charge >= 0.3 is 12.1 Å². The van der Waals surface area contributed by atoms with Crippen LogP contribution < -0.4 is 10.2 Å². The predicted molar refractivity (Wildman–Crippen MR) is 121 cm³/mol. The Balaban J connectivity index is 1.40. The van der Waals surface area contributed by atoms with Crippen molar-refractivity contribution in [3.8, 4) is 0 Å². The van der Waals surface area contributed by atoms with Crippen LogP contribution in [0.2, 0.25) is 0 Å². The Morgan fingerprint density at radius 2 is 1.75 bits per heavy atom. The van der Waals surface area contributed by atoms with Crippen molar-refractivity contribution in [3.05, 3.63) is 29.8 Å². The van der Waals surface area contributed by atoms with Crippen LogP contribution in [-0.2, 0) is 23.9 Å². The summed E-state index contributed by atoms with van der Waals surface area (Å²) in [6.45, 7) is 2.00. The molecule has 1 aromatic carbocycles. The molecule has 5 aliphatic rings. The average molecular weight is 459 g/mol. The highest BCUT2D eigenvalue weighted by atomic mass is 32.2. The molecule has 2 amide bonds. The number of likely N-dealkylation sites (N-methyl/N-ethyl adjacent to an activating group) is 1. The maximum Gasteiger partial charge on any atom is 0.409 e. The fourth-order valence-electron chi connectivity index (χ4n) is 6.71. The van der Waals surface area contributed by atoms with Gasteiger partial charge in [-0.2, -0.15) is 0 Å². The summed E-state index contributed by atoms with van der Waals surface area (Å²) >= 11 is 1.08. The standard InChI is InChI=1S/C24H30N2O5S/c1-3-30-20(27)14-32-24(18-6-4-5-7-19(18)26(2)21(24)28)25-22(29)31-23-11-15-8-16(12-23)10-17(9-15)13-23/h4-7,15-17H,3,8-14H2,1-2H3,(H,25,29)/t15?,16?,17?,23?,24-/m1/s1. The third-order valence-electron chi connectivity index (χ3n) is 7.53. The maximum absolute atomic E-state index is 13.4. The number of carbonyl (C=O) groups is 3. The molecule has 8 heteroatoms. The van der Waals surface area contributed by atoms with Crippen LogP contribution in [0.5, 0.6) is 0 Å². The number of esters is 1. The molecule has 1 atom stereocenters. The highest BCUT2D eigenvalue weighted by molar-refractivity contribution is 8.01. The quantitative estimate of drug-likeness (QED) is 0.516. The fraction of sp³-hybridized carbons (Fsp3) is 0.625. The number of thioether (sulfide) groups is 1. The van der Waals surface area contributed by atoms with Crippen molar-refractivity contribution in [3.63, 3.8) is 0 Å². The first-order chi connectivity index (χ1) is 15.3. The number of alkyl carbamates (subject to hydrolysis) is 1. The number of nitrogens with zero attached hydrogens (tertiary/aromatic N) is 1. The summed E-state index contributed by atoms with van der Waals surface area (Å²) in [6.07, 6.45) is 5.92. The van der Waals surface area contributed by atoms with Gasteiger partial charge in [-0.15, -0.1) is 11.8 Å². The molecular formula is C24H30N2O5S. The third kappa shape index (κ3) is 3.56. The fourth-order valence-corrected chi connectivity index (χ4v) is 7.87. The van der Waals surface area contributed by atoms with Gasteiger partial charge in [0.1, 0.15) is 5.60 Å². The van der Waals surface area contributed by atoms with Gasteiger partial charge in [0.25, 0.3) is 5.91 Å². The summed E-state index contributed by atoms with van der Waals surface area (Å²) in [4.78, 5) is 38.9. The number of benzene rings is 1. The van der Waals surface area contributed by atoms with Gasteiger partial charge < -0.3 is 14.4 Å². The van der Waals surface area contributed by atoms with E-state index in [1.807, 2.05) is 24.3 Å². The lowest BCUT2D eigenvalue weighted by atomic mass is 9.54. The van der Waals surface area contributed by atoms with Gasteiger partial charge in [-0.05, 0) is 69.3 Å². The molecule has 1 aliphatic heterocycles. The van der Waals surface area contributed by atoms with E-state index in [0.29, 0.717) is 29.0 Å². The van der Waals surface area contributed by atoms with E-state index in [9.17, 15) is 14.4 Å². The first-order valence-electron chi connectivity index (χ1n) is 11.5. The molecule has 4 bridgehead atoms. The van der Waals surface area contributed by atoms with Gasteiger partial charge in [0.05, 0.1) is 18.0 Å². The molecule has 32 heavy (non-hydrogen) atoms. The van der Waals surface area contributed by atoms with Crippen molar-refractivity contribution in [2.75, 3.05) is 24.3 Å². The normalized spacial score (nSPS) is 34.4. The molecule has 7 nitrogen and oxygen atoms in total. The highest BCUT2D eigenvalue weighted by Gasteiger charge is 2.56. The van der Waals surface area contributed by atoms with E-state index in [-0.39, 0.29) is 18.3 Å². The molecule has 6 rings (SSSR count). The molecule has 172 valence electrons. The van der Waals surface area contributed by atoms with Gasteiger partial charge in [0.2, 0.25) is 0 Å². The maximum atomic E-state index is 13.4. The average Bonchev–Trinajstić information content (AvgIpc) is 2.93. The molecule has 1 N–H and O–H groups in total. The second kappa shape index (κ2) is 7.97. The Bertz CT molecular complexity index is 915. The summed E-state index contributed by atoms with van der Waals surface area (Å²) in [5.74, 6) is 1.14. The number of anilines is 1. The number of ether oxygens (including phenoxy) is 2. The van der Waals surface area contributed by atoms with Crippen molar-refractivity contribution in [1.82, 2.24) is 5.32 Å². The Labute approximate surface area is 192 Å². The number of amides is 2. The van der Waals surface area contributed by atoms with E-state index in [1.165, 1.54) is 24.2 Å². The van der Waals surface area contributed by atoms with Crippen LogP contribution in [-0.4, -0.2) is 43.0 Å². The Morgan fingerprint density at radius 3 is 2.38 bits per heavy atom. The van der Waals surface area contributed by atoms with Gasteiger partial charge in [0.15, 0.2) is 4.87 Å². The van der Waals surface area contributed by atoms with Crippen molar-refractivity contribution in [2.45, 2.75) is 55.9 Å². The molecule has 0 saturated heterocycles. The lowest BCUT2D eigenvalue weighted by Gasteiger charge is -2.55. The number of rotatable bonds is 6. The molecule has 0 spiro atoms. The van der Waals surface area contributed by atoms with E-state index in [4.69, 9.17) is 9.47 Å². The summed E-state index contributed by atoms with van der Waals surface area (Å²) in [6, 6.07) is 7.34. The lowest BCUT2D eigenvalue weighted by Crippen LogP contribution is -2.56. The Hall–Kier alpha value is -2.22. The second-order valence-corrected chi connectivity index (χ2v) is 11.0. The van der Waals surface area contributed by atoms with Crippen LogP contribution in [0, 0.1) is 17.8 Å². The van der Waals surface area contributed by atoms with Gasteiger partial charge in [0, 0.05) is 12.6 Å². The highest BCUT2D eigenvalue weighted by Crippen LogP contribution is 2.57. The minimum Gasteiger partial charge on any atom is -0.465 e. The zero-order valence-electron chi connectivity index (χ0n) is 18.6. The summed E-state index contributed by atoms with van der Waals surface area (Å²) in [7, 11) is 1.68. The Morgan fingerprint density at radius 1 is 1.12 bits per heavy atom. The molecular weight excluding hydrogens is 428 g/mol. The second-order valence-electron chi connectivity index (χ2n) is 9.77. The summed E-state index contributed by atoms with van der Waals surface area (Å²) in [5.41, 5.74) is 0.951. The van der Waals surface area contributed by atoms with Crippen molar-refractivity contribution >= 4 is 35.4 Å². The first-order valence-corrected chi connectivity index (χ1v) is 12.5. The zero-order chi connectivity index (χ0) is 22.5. The number of para-hydroxylation sites is 1. The molecule has 0 unspecified atom stereocenters. The first kappa shape index (κ1) is 21.6. The largest absolute Gasteiger partial charge is 0.465 e. The number of fused-ring (bicyclic) bond motifs is 1. The minimum absolute atomic E-state index is 0.0562. The number of hydrogen-bond donors (Lipinski definition) is 1. The van der Waals surface area contributed by atoms with E-state index in [0.717, 1.165) is 31.0 Å². The number of hydrogen-bond acceptors (Lipinski definition) is 6. The third-order valence-corrected chi connectivity index (χ3v) is 8.84. The number of carbonyl (C=O) groups excluding carboxylic acids is 3. The molecule has 1 aromatic rings. The van der Waals surface area contributed by atoms with Crippen molar-refractivity contribution in [1.29, 1.82) is 0 Å². The van der Waals surface area contributed by atoms with E-state index in [2.05, 4.69) is 5.32 Å². The molecule has 1 heterocycles. The summed E-state index contributed by atoms with van der Waals surface area (Å²) < 4.78 is 11.2. The lowest BCUT2D eigenvalue weighted by molar-refractivity contribution is -0.139. The molecule has 4 saturated carbocycles. The molecule has 0 aromatic heterocycles.